The van der Waals surface area contributed by atoms with Crippen LogP contribution in [-0.2, 0) is 12.3 Å². The van der Waals surface area contributed by atoms with Gasteiger partial charge >= 0.3 is 0 Å². The summed E-state index contributed by atoms with van der Waals surface area (Å²) in [7, 11) is 0. The van der Waals surface area contributed by atoms with E-state index in [1.165, 1.54) is 11.6 Å². The Kier molecular flexibility index (Phi) is 3.71. The highest BCUT2D eigenvalue weighted by Gasteiger charge is 2.15. The van der Waals surface area contributed by atoms with Crippen molar-refractivity contribution in [2.24, 2.45) is 0 Å². The lowest BCUT2D eigenvalue weighted by Gasteiger charge is -2.10. The van der Waals surface area contributed by atoms with Crippen molar-refractivity contribution in [2.45, 2.75) is 33.1 Å². The van der Waals surface area contributed by atoms with Crippen molar-refractivity contribution >= 4 is 11.6 Å². The highest BCUT2D eigenvalue weighted by Crippen LogP contribution is 2.24. The Morgan fingerprint density at radius 1 is 1.28 bits per heavy atom. The lowest BCUT2D eigenvalue weighted by Crippen LogP contribution is -2.04. The summed E-state index contributed by atoms with van der Waals surface area (Å²) in [6.45, 7) is 6.07. The van der Waals surface area contributed by atoms with Gasteiger partial charge in [0.25, 0.3) is 0 Å². The van der Waals surface area contributed by atoms with Crippen LogP contribution in [0.4, 0.5) is 4.39 Å². The maximum atomic E-state index is 13.7. The first-order valence-corrected chi connectivity index (χ1v) is 6.52. The van der Waals surface area contributed by atoms with Crippen LogP contribution in [0.2, 0.25) is 0 Å². The summed E-state index contributed by atoms with van der Waals surface area (Å²) >= 11 is 5.84. The van der Waals surface area contributed by atoms with E-state index >= 15 is 0 Å². The fourth-order valence-corrected chi connectivity index (χ4v) is 2.56. The summed E-state index contributed by atoms with van der Waals surface area (Å²) < 4.78 is 15.5. The third kappa shape index (κ3) is 2.03. The minimum Gasteiger partial charge on any atom is -0.237 e. The van der Waals surface area contributed by atoms with Gasteiger partial charge in [-0.3, -0.25) is 0 Å². The molecule has 0 bridgehead atoms. The molecule has 2 rings (SSSR count). The van der Waals surface area contributed by atoms with Crippen LogP contribution < -0.4 is 0 Å². The third-order valence-electron chi connectivity index (χ3n) is 3.25. The van der Waals surface area contributed by atoms with Gasteiger partial charge in [-0.1, -0.05) is 13.0 Å². The van der Waals surface area contributed by atoms with Crippen LogP contribution in [0.1, 0.15) is 29.4 Å². The van der Waals surface area contributed by atoms with Crippen LogP contribution in [0.15, 0.2) is 18.2 Å². The Hall–Kier alpha value is -1.35. The molecule has 2 aromatic rings. The zero-order valence-corrected chi connectivity index (χ0v) is 11.6. The summed E-state index contributed by atoms with van der Waals surface area (Å²) in [6, 6.07) is 4.95. The van der Waals surface area contributed by atoms with E-state index in [4.69, 9.17) is 11.6 Å². The Balaban J connectivity index is 2.66. The van der Waals surface area contributed by atoms with Gasteiger partial charge in [0.2, 0.25) is 0 Å². The molecule has 2 nitrogen and oxygen atoms in total. The molecule has 0 saturated carbocycles. The van der Waals surface area contributed by atoms with E-state index in [9.17, 15) is 4.39 Å². The molecule has 4 heteroatoms. The number of hydrogen-bond donors (Lipinski definition) is 0. The van der Waals surface area contributed by atoms with E-state index in [1.807, 2.05) is 19.9 Å². The quantitative estimate of drug-likeness (QED) is 0.770. The fourth-order valence-electron chi connectivity index (χ4n) is 2.30. The molecule has 0 amide bonds. The number of aromatic nitrogens is 2. The summed E-state index contributed by atoms with van der Waals surface area (Å²) in [5.74, 6) is -0.143. The molecule has 0 saturated heterocycles. The van der Waals surface area contributed by atoms with Crippen molar-refractivity contribution in [1.29, 1.82) is 0 Å². The van der Waals surface area contributed by atoms with Crippen LogP contribution in [0, 0.1) is 19.7 Å². The predicted octanol–water partition coefficient (Wildman–Crippen LogP) is 3.93. The van der Waals surface area contributed by atoms with Gasteiger partial charge < -0.3 is 0 Å². The van der Waals surface area contributed by atoms with Gasteiger partial charge in [-0.2, -0.15) is 5.10 Å². The standard InChI is InChI=1S/C14H16ClFN2/c1-4-11-9(2)17-18(10(11)3)14-7-5-6-13(16)12(14)8-15/h5-7H,4,8H2,1-3H3. The number of hydrogen-bond acceptors (Lipinski definition) is 1. The van der Waals surface area contributed by atoms with Crippen molar-refractivity contribution in [3.63, 3.8) is 0 Å². The molecule has 1 aromatic heterocycles. The van der Waals surface area contributed by atoms with E-state index in [0.29, 0.717) is 5.56 Å². The van der Waals surface area contributed by atoms with Crippen LogP contribution in [-0.4, -0.2) is 9.78 Å². The molecular formula is C14H16ClFN2. The summed E-state index contributed by atoms with van der Waals surface area (Å²) in [5.41, 5.74) is 4.46. The van der Waals surface area contributed by atoms with Gasteiger partial charge in [0.05, 0.1) is 17.3 Å². The van der Waals surface area contributed by atoms with Crippen LogP contribution in [0.5, 0.6) is 0 Å². The molecule has 1 aromatic carbocycles. The van der Waals surface area contributed by atoms with E-state index in [0.717, 1.165) is 23.5 Å². The first-order valence-electron chi connectivity index (χ1n) is 5.99. The summed E-state index contributed by atoms with van der Waals surface area (Å²) in [4.78, 5) is 0. The van der Waals surface area contributed by atoms with Gasteiger partial charge in [-0.25, -0.2) is 9.07 Å². The molecule has 96 valence electrons. The molecule has 0 aliphatic heterocycles. The Morgan fingerprint density at radius 2 is 2.00 bits per heavy atom. The average Bonchev–Trinajstić information content (AvgIpc) is 2.64. The van der Waals surface area contributed by atoms with Crippen molar-refractivity contribution < 1.29 is 4.39 Å². The van der Waals surface area contributed by atoms with Crippen molar-refractivity contribution in [3.8, 4) is 5.69 Å². The van der Waals surface area contributed by atoms with Crippen LogP contribution >= 0.6 is 11.6 Å². The minimum atomic E-state index is -0.284. The molecule has 1 heterocycles. The number of rotatable bonds is 3. The molecule has 18 heavy (non-hydrogen) atoms. The molecule has 0 atom stereocenters. The van der Waals surface area contributed by atoms with Gasteiger partial charge in [0.15, 0.2) is 0 Å². The number of aryl methyl sites for hydroxylation is 1. The van der Waals surface area contributed by atoms with Gasteiger partial charge in [-0.15, -0.1) is 11.6 Å². The summed E-state index contributed by atoms with van der Waals surface area (Å²) in [6.07, 6.45) is 0.920. The van der Waals surface area contributed by atoms with Crippen LogP contribution in [0.3, 0.4) is 0 Å². The zero-order chi connectivity index (χ0) is 13.3. The molecule has 0 unspecified atom stereocenters. The Labute approximate surface area is 111 Å². The molecular weight excluding hydrogens is 251 g/mol. The van der Waals surface area contributed by atoms with Crippen molar-refractivity contribution in [1.82, 2.24) is 9.78 Å². The average molecular weight is 267 g/mol. The normalized spacial score (nSPS) is 10.9. The maximum absolute atomic E-state index is 13.7. The van der Waals surface area contributed by atoms with Gasteiger partial charge in [-0.05, 0) is 38.0 Å². The first-order chi connectivity index (χ1) is 8.60. The highest BCUT2D eigenvalue weighted by atomic mass is 35.5. The van der Waals surface area contributed by atoms with Crippen molar-refractivity contribution in [2.75, 3.05) is 0 Å². The van der Waals surface area contributed by atoms with E-state index in [-0.39, 0.29) is 11.7 Å². The second kappa shape index (κ2) is 5.11. The second-order valence-electron chi connectivity index (χ2n) is 4.29. The molecule has 0 radical (unpaired) electrons. The highest BCUT2D eigenvalue weighted by molar-refractivity contribution is 6.17. The second-order valence-corrected chi connectivity index (χ2v) is 4.55. The topological polar surface area (TPSA) is 17.8 Å². The number of halogens is 2. The monoisotopic (exact) mass is 266 g/mol. The molecule has 0 aliphatic rings. The van der Waals surface area contributed by atoms with Crippen LogP contribution in [0.25, 0.3) is 5.69 Å². The molecule has 0 fully saturated rings. The fraction of sp³-hybridized carbons (Fsp3) is 0.357. The van der Waals surface area contributed by atoms with Gasteiger partial charge in [0, 0.05) is 11.3 Å². The minimum absolute atomic E-state index is 0.141. The largest absolute Gasteiger partial charge is 0.237 e. The molecule has 0 N–H and O–H groups in total. The Bertz CT molecular complexity index is 575. The zero-order valence-electron chi connectivity index (χ0n) is 10.8. The lowest BCUT2D eigenvalue weighted by atomic mass is 10.1. The molecule has 0 aliphatic carbocycles. The van der Waals surface area contributed by atoms with Crippen molar-refractivity contribution in [3.05, 3.63) is 46.5 Å². The van der Waals surface area contributed by atoms with E-state index < -0.39 is 0 Å². The number of nitrogens with zero attached hydrogens (tertiary/aromatic N) is 2. The lowest BCUT2D eigenvalue weighted by molar-refractivity contribution is 0.613. The smallest absolute Gasteiger partial charge is 0.129 e. The third-order valence-corrected chi connectivity index (χ3v) is 3.52. The summed E-state index contributed by atoms with van der Waals surface area (Å²) in [5, 5.41) is 4.49. The number of alkyl halides is 1. The maximum Gasteiger partial charge on any atom is 0.129 e. The molecule has 0 spiro atoms. The Morgan fingerprint density at radius 3 is 2.56 bits per heavy atom. The van der Waals surface area contributed by atoms with E-state index in [2.05, 4.69) is 12.0 Å². The number of benzene rings is 1. The van der Waals surface area contributed by atoms with Gasteiger partial charge in [0.1, 0.15) is 5.82 Å². The first kappa shape index (κ1) is 13.1. The SMILES string of the molecule is CCc1c(C)nn(-c2cccc(F)c2CCl)c1C. The van der Waals surface area contributed by atoms with E-state index in [1.54, 1.807) is 10.7 Å². The predicted molar refractivity (Wildman–Crippen MR) is 71.9 cm³/mol.